The fourth-order valence-electron chi connectivity index (χ4n) is 2.81. The minimum absolute atomic E-state index is 0.0150. The van der Waals surface area contributed by atoms with Crippen LogP contribution < -0.4 is 10.2 Å². The van der Waals surface area contributed by atoms with Crippen LogP contribution in [0.1, 0.15) is 23.1 Å². The number of aryl methyl sites for hydroxylation is 1. The molecule has 0 atom stereocenters. The minimum atomic E-state index is -0.866. The average Bonchev–Trinajstić information content (AvgIpc) is 2.63. The molecule has 1 N–H and O–H groups in total. The quantitative estimate of drug-likeness (QED) is 0.888. The third-order valence-electron chi connectivity index (χ3n) is 4.26. The van der Waals surface area contributed by atoms with Crippen molar-refractivity contribution in [1.29, 1.82) is 0 Å². The van der Waals surface area contributed by atoms with Crippen molar-refractivity contribution in [2.45, 2.75) is 13.8 Å². The Morgan fingerprint density at radius 1 is 1.07 bits per heavy atom. The largest absolute Gasteiger partial charge is 0.339 e. The molecule has 2 heterocycles. The molecule has 1 aromatic carbocycles. The van der Waals surface area contributed by atoms with Crippen molar-refractivity contribution >= 4 is 23.5 Å². The van der Waals surface area contributed by atoms with Gasteiger partial charge >= 0.3 is 0 Å². The van der Waals surface area contributed by atoms with E-state index in [1.54, 1.807) is 11.8 Å². The first-order valence-corrected chi connectivity index (χ1v) is 8.46. The maximum atomic E-state index is 13.7. The van der Waals surface area contributed by atoms with Crippen LogP contribution in [0.2, 0.25) is 0 Å². The molecule has 142 valence electrons. The van der Waals surface area contributed by atoms with Gasteiger partial charge in [-0.1, -0.05) is 0 Å². The monoisotopic (exact) mass is 375 g/mol. The van der Waals surface area contributed by atoms with Crippen LogP contribution >= 0.6 is 0 Å². The first-order chi connectivity index (χ1) is 12.8. The highest BCUT2D eigenvalue weighted by Gasteiger charge is 2.22. The Hall–Kier alpha value is -3.10. The van der Waals surface area contributed by atoms with E-state index in [9.17, 15) is 18.4 Å². The standard InChI is InChI=1S/C18H19F2N5O2/c1-11-9-16(17(27)22-15-4-3-13(19)10-14(15)20)23-18(21-11)25-7-5-24(6-8-25)12(2)26/h3-4,9-10H,5-8H2,1-2H3,(H,22,27). The van der Waals surface area contributed by atoms with Crippen LogP contribution in [0.4, 0.5) is 20.4 Å². The molecule has 9 heteroatoms. The summed E-state index contributed by atoms with van der Waals surface area (Å²) in [5.74, 6) is -1.82. The zero-order chi connectivity index (χ0) is 19.6. The van der Waals surface area contributed by atoms with Crippen LogP contribution in [0.3, 0.4) is 0 Å². The SMILES string of the molecule is CC(=O)N1CCN(c2nc(C)cc(C(=O)Nc3ccc(F)cc3F)n2)CC1. The van der Waals surface area contributed by atoms with Crippen molar-refractivity contribution in [3.05, 3.63) is 47.3 Å². The summed E-state index contributed by atoms with van der Waals surface area (Å²) in [6.07, 6.45) is 0. The number of carbonyl (C=O) groups is 2. The topological polar surface area (TPSA) is 78.4 Å². The third kappa shape index (κ3) is 4.36. The van der Waals surface area contributed by atoms with E-state index < -0.39 is 17.5 Å². The van der Waals surface area contributed by atoms with E-state index >= 15 is 0 Å². The fraction of sp³-hybridized carbons (Fsp3) is 0.333. The van der Waals surface area contributed by atoms with Gasteiger partial charge in [-0.2, -0.15) is 0 Å². The lowest BCUT2D eigenvalue weighted by Crippen LogP contribution is -2.48. The summed E-state index contributed by atoms with van der Waals surface area (Å²) in [6.45, 7) is 5.46. The molecule has 1 aromatic heterocycles. The van der Waals surface area contributed by atoms with Crippen LogP contribution in [0.15, 0.2) is 24.3 Å². The molecule has 7 nitrogen and oxygen atoms in total. The Bertz CT molecular complexity index is 882. The second-order valence-corrected chi connectivity index (χ2v) is 6.27. The molecular weight excluding hydrogens is 356 g/mol. The number of piperazine rings is 1. The molecule has 2 aromatic rings. The Morgan fingerprint density at radius 2 is 1.78 bits per heavy atom. The number of rotatable bonds is 3. The minimum Gasteiger partial charge on any atom is -0.339 e. The zero-order valence-corrected chi connectivity index (χ0v) is 15.0. The maximum absolute atomic E-state index is 13.7. The number of benzene rings is 1. The Balaban J connectivity index is 1.77. The summed E-state index contributed by atoms with van der Waals surface area (Å²) in [5.41, 5.74) is 0.531. The second kappa shape index (κ2) is 7.65. The predicted octanol–water partition coefficient (Wildman–Crippen LogP) is 1.98. The number of hydrogen-bond donors (Lipinski definition) is 1. The van der Waals surface area contributed by atoms with E-state index in [1.165, 1.54) is 13.0 Å². The van der Waals surface area contributed by atoms with Crippen molar-refractivity contribution in [1.82, 2.24) is 14.9 Å². The number of anilines is 2. The van der Waals surface area contributed by atoms with Crippen LogP contribution in [-0.2, 0) is 4.79 Å². The van der Waals surface area contributed by atoms with Gasteiger partial charge in [-0.15, -0.1) is 0 Å². The van der Waals surface area contributed by atoms with Gasteiger partial charge in [-0.05, 0) is 25.1 Å². The smallest absolute Gasteiger partial charge is 0.274 e. The lowest BCUT2D eigenvalue weighted by atomic mass is 10.2. The van der Waals surface area contributed by atoms with Gasteiger partial charge in [0.2, 0.25) is 11.9 Å². The summed E-state index contributed by atoms with van der Waals surface area (Å²) in [4.78, 5) is 36.1. The van der Waals surface area contributed by atoms with Gasteiger partial charge in [0, 0.05) is 44.9 Å². The molecule has 0 spiro atoms. The molecule has 0 unspecified atom stereocenters. The number of halogens is 2. The number of nitrogens with zero attached hydrogens (tertiary/aromatic N) is 4. The molecule has 0 radical (unpaired) electrons. The molecule has 0 aliphatic carbocycles. The van der Waals surface area contributed by atoms with Gasteiger partial charge in [-0.25, -0.2) is 18.7 Å². The summed E-state index contributed by atoms with van der Waals surface area (Å²) in [5, 5.41) is 2.39. The van der Waals surface area contributed by atoms with Gasteiger partial charge in [0.25, 0.3) is 5.91 Å². The number of nitrogens with one attached hydrogen (secondary N) is 1. The van der Waals surface area contributed by atoms with Crippen molar-refractivity contribution in [2.24, 2.45) is 0 Å². The van der Waals surface area contributed by atoms with E-state index in [-0.39, 0.29) is 17.3 Å². The van der Waals surface area contributed by atoms with E-state index in [2.05, 4.69) is 15.3 Å². The lowest BCUT2D eigenvalue weighted by molar-refractivity contribution is -0.129. The normalized spacial score (nSPS) is 14.2. The van der Waals surface area contributed by atoms with Crippen LogP contribution in [0.25, 0.3) is 0 Å². The molecule has 2 amide bonds. The Labute approximate surface area is 155 Å². The van der Waals surface area contributed by atoms with Crippen LogP contribution in [0.5, 0.6) is 0 Å². The van der Waals surface area contributed by atoms with Crippen molar-refractivity contribution < 1.29 is 18.4 Å². The summed E-state index contributed by atoms with van der Waals surface area (Å²) < 4.78 is 26.7. The molecule has 1 aliphatic rings. The highest BCUT2D eigenvalue weighted by atomic mass is 19.1. The highest BCUT2D eigenvalue weighted by Crippen LogP contribution is 2.18. The summed E-state index contributed by atoms with van der Waals surface area (Å²) in [6, 6.07) is 4.40. The number of aromatic nitrogens is 2. The zero-order valence-electron chi connectivity index (χ0n) is 15.0. The van der Waals surface area contributed by atoms with Crippen LogP contribution in [0, 0.1) is 18.6 Å². The first-order valence-electron chi connectivity index (χ1n) is 8.46. The second-order valence-electron chi connectivity index (χ2n) is 6.27. The molecule has 1 aliphatic heterocycles. The first kappa shape index (κ1) is 18.7. The van der Waals surface area contributed by atoms with Crippen LogP contribution in [-0.4, -0.2) is 52.9 Å². The van der Waals surface area contributed by atoms with Gasteiger partial charge < -0.3 is 15.1 Å². The number of hydrogen-bond acceptors (Lipinski definition) is 5. The summed E-state index contributed by atoms with van der Waals surface area (Å²) in [7, 11) is 0. The summed E-state index contributed by atoms with van der Waals surface area (Å²) >= 11 is 0. The molecule has 1 fully saturated rings. The van der Waals surface area contributed by atoms with Crippen molar-refractivity contribution in [3.63, 3.8) is 0 Å². The predicted molar refractivity (Wildman–Crippen MR) is 95.5 cm³/mol. The average molecular weight is 375 g/mol. The molecule has 0 bridgehead atoms. The maximum Gasteiger partial charge on any atom is 0.274 e. The molecular formula is C18H19F2N5O2. The van der Waals surface area contributed by atoms with Gasteiger partial charge in [0.05, 0.1) is 5.69 Å². The van der Waals surface area contributed by atoms with E-state index in [1.807, 2.05) is 4.90 Å². The molecule has 27 heavy (non-hydrogen) atoms. The lowest BCUT2D eigenvalue weighted by Gasteiger charge is -2.34. The number of carbonyl (C=O) groups excluding carboxylic acids is 2. The van der Waals surface area contributed by atoms with E-state index in [0.29, 0.717) is 43.9 Å². The van der Waals surface area contributed by atoms with Crippen molar-refractivity contribution in [3.8, 4) is 0 Å². The molecule has 1 saturated heterocycles. The molecule has 0 saturated carbocycles. The van der Waals surface area contributed by atoms with Crippen molar-refractivity contribution in [2.75, 3.05) is 36.4 Å². The fourth-order valence-corrected chi connectivity index (χ4v) is 2.81. The van der Waals surface area contributed by atoms with E-state index in [4.69, 9.17) is 0 Å². The highest BCUT2D eigenvalue weighted by molar-refractivity contribution is 6.03. The van der Waals surface area contributed by atoms with Gasteiger partial charge in [0.15, 0.2) is 0 Å². The third-order valence-corrected chi connectivity index (χ3v) is 4.26. The molecule has 3 rings (SSSR count). The van der Waals surface area contributed by atoms with E-state index in [0.717, 1.165) is 12.1 Å². The number of amides is 2. The van der Waals surface area contributed by atoms with Gasteiger partial charge in [0.1, 0.15) is 17.3 Å². The van der Waals surface area contributed by atoms with Gasteiger partial charge in [-0.3, -0.25) is 9.59 Å². The Morgan fingerprint density at radius 3 is 2.41 bits per heavy atom. The Kier molecular flexibility index (Phi) is 5.29.